The average Bonchev–Trinajstić information content (AvgIpc) is 3.00. The molecule has 212 valence electrons. The molecule has 2 N–H and O–H groups in total. The number of nitrogens with zero attached hydrogens (tertiary/aromatic N) is 2. The molecular weight excluding hydrogens is 533 g/mol. The zero-order valence-electron chi connectivity index (χ0n) is 22.4. The third-order valence-electron chi connectivity index (χ3n) is 8.55. The van der Waals surface area contributed by atoms with Crippen LogP contribution in [0.15, 0.2) is 77.0 Å². The van der Waals surface area contributed by atoms with Gasteiger partial charge in [-0.15, -0.1) is 6.58 Å². The molecule has 3 aliphatic rings. The third kappa shape index (κ3) is 4.86. The largest absolute Gasteiger partial charge is 0.497 e. The zero-order chi connectivity index (χ0) is 28.9. The van der Waals surface area contributed by atoms with Crippen molar-refractivity contribution < 1.29 is 17.9 Å². The summed E-state index contributed by atoms with van der Waals surface area (Å²) in [4.78, 5) is 32.5. The molecule has 7 rings (SSSR count). The first-order valence-electron chi connectivity index (χ1n) is 13.5. The SMILES string of the molecule is C=CC1CN2CCC1CC2C(Nc1c(Nc2ccc(C(F)(F)F)cc2)c(=O)c1=O)c1ccnc2ccc(OC)cc12. The summed E-state index contributed by atoms with van der Waals surface area (Å²) in [5, 5.41) is 7.14. The molecule has 2 bridgehead atoms. The van der Waals surface area contributed by atoms with Crippen LogP contribution in [0.1, 0.15) is 30.0 Å². The molecule has 4 aromatic rings. The lowest BCUT2D eigenvalue weighted by Gasteiger charge is -2.52. The van der Waals surface area contributed by atoms with Crippen molar-refractivity contribution in [3.05, 3.63) is 99.0 Å². The molecule has 5 atom stereocenters. The minimum Gasteiger partial charge on any atom is -0.497 e. The van der Waals surface area contributed by atoms with Crippen molar-refractivity contribution >= 4 is 28.0 Å². The highest BCUT2D eigenvalue weighted by atomic mass is 19.4. The molecule has 41 heavy (non-hydrogen) atoms. The molecule has 0 amide bonds. The molecule has 1 aromatic heterocycles. The second-order valence-corrected chi connectivity index (χ2v) is 10.8. The molecule has 3 fully saturated rings. The molecule has 10 heteroatoms. The van der Waals surface area contributed by atoms with E-state index >= 15 is 0 Å². The molecular formula is C31H29F3N4O3. The van der Waals surface area contributed by atoms with Gasteiger partial charge in [-0.25, -0.2) is 0 Å². The van der Waals surface area contributed by atoms with Gasteiger partial charge in [0.25, 0.3) is 10.9 Å². The van der Waals surface area contributed by atoms with Gasteiger partial charge >= 0.3 is 6.18 Å². The Kier molecular flexibility index (Phi) is 6.81. The van der Waals surface area contributed by atoms with Crippen LogP contribution in [0.2, 0.25) is 0 Å². The molecule has 5 unspecified atom stereocenters. The Morgan fingerprint density at radius 3 is 2.51 bits per heavy atom. The lowest BCUT2D eigenvalue weighted by atomic mass is 9.73. The van der Waals surface area contributed by atoms with Crippen molar-refractivity contribution in [1.82, 2.24) is 9.88 Å². The second kappa shape index (κ2) is 10.3. The van der Waals surface area contributed by atoms with Crippen LogP contribution in [0.3, 0.4) is 0 Å². The van der Waals surface area contributed by atoms with Crippen LogP contribution in [0.4, 0.5) is 30.2 Å². The molecule has 0 saturated carbocycles. The quantitative estimate of drug-likeness (QED) is 0.212. The topological polar surface area (TPSA) is 83.6 Å². The number of halogens is 3. The number of anilines is 3. The molecule has 0 aliphatic carbocycles. The van der Waals surface area contributed by atoms with Crippen LogP contribution in [-0.2, 0) is 6.18 Å². The van der Waals surface area contributed by atoms with Gasteiger partial charge in [-0.3, -0.25) is 19.5 Å². The predicted molar refractivity (Wildman–Crippen MR) is 153 cm³/mol. The van der Waals surface area contributed by atoms with E-state index in [-0.39, 0.29) is 29.1 Å². The van der Waals surface area contributed by atoms with E-state index < -0.39 is 22.6 Å². The number of aromatic nitrogens is 1. The number of methoxy groups -OCH3 is 1. The summed E-state index contributed by atoms with van der Waals surface area (Å²) < 4.78 is 44.6. The second-order valence-electron chi connectivity index (χ2n) is 10.8. The van der Waals surface area contributed by atoms with E-state index in [1.165, 1.54) is 12.1 Å². The van der Waals surface area contributed by atoms with Crippen LogP contribution in [0.5, 0.6) is 5.75 Å². The minimum atomic E-state index is -4.48. The van der Waals surface area contributed by atoms with E-state index in [0.717, 1.165) is 54.5 Å². The number of piperidine rings is 3. The summed E-state index contributed by atoms with van der Waals surface area (Å²) in [6, 6.07) is 11.5. The number of benzene rings is 2. The maximum absolute atomic E-state index is 13.0. The fourth-order valence-corrected chi connectivity index (χ4v) is 6.34. The first kappa shape index (κ1) is 27.0. The predicted octanol–water partition coefficient (Wildman–Crippen LogP) is 5.65. The Bertz CT molecular complexity index is 1680. The molecule has 3 aromatic carbocycles. The number of ether oxygens (including phenoxy) is 1. The average molecular weight is 563 g/mol. The Labute approximate surface area is 234 Å². The maximum atomic E-state index is 13.0. The summed E-state index contributed by atoms with van der Waals surface area (Å²) >= 11 is 0. The first-order chi connectivity index (χ1) is 19.7. The molecule has 4 heterocycles. The van der Waals surface area contributed by atoms with E-state index in [9.17, 15) is 22.8 Å². The number of fused-ring (bicyclic) bond motifs is 4. The third-order valence-corrected chi connectivity index (χ3v) is 8.55. The number of rotatable bonds is 8. The molecule has 3 aliphatic heterocycles. The Hall–Kier alpha value is -4.18. The summed E-state index contributed by atoms with van der Waals surface area (Å²) in [5.41, 5.74) is -0.0711. The smallest absolute Gasteiger partial charge is 0.416 e. The van der Waals surface area contributed by atoms with E-state index in [1.54, 1.807) is 13.3 Å². The lowest BCUT2D eigenvalue weighted by molar-refractivity contribution is -0.137. The standard InChI is InChI=1S/C31H29F3N4O3/c1-3-17-16-38-13-11-18(17)14-25(38)26(22-10-12-35-24-9-8-21(41-2)15-23(22)24)37-28-27(29(39)30(28)40)36-20-6-4-19(5-7-20)31(32,33)34/h3-10,12,15,17-18,25-26,36-37H,1,11,13-14,16H2,2H3. The van der Waals surface area contributed by atoms with Gasteiger partial charge in [-0.1, -0.05) is 6.08 Å². The van der Waals surface area contributed by atoms with Crippen LogP contribution in [0.25, 0.3) is 10.9 Å². The highest BCUT2D eigenvalue weighted by molar-refractivity contribution is 5.85. The molecule has 3 saturated heterocycles. The van der Waals surface area contributed by atoms with Crippen molar-refractivity contribution in [3.63, 3.8) is 0 Å². The molecule has 0 radical (unpaired) electrons. The van der Waals surface area contributed by atoms with Gasteiger partial charge in [0.05, 0.1) is 24.2 Å². The Balaban J connectivity index is 1.39. The van der Waals surface area contributed by atoms with E-state index in [2.05, 4.69) is 27.1 Å². The van der Waals surface area contributed by atoms with E-state index in [1.807, 2.05) is 30.3 Å². The zero-order valence-corrected chi connectivity index (χ0v) is 22.4. The summed E-state index contributed by atoms with van der Waals surface area (Å²) in [6.45, 7) is 5.79. The van der Waals surface area contributed by atoms with Crippen molar-refractivity contribution in [2.75, 3.05) is 30.8 Å². The molecule has 7 nitrogen and oxygen atoms in total. The van der Waals surface area contributed by atoms with Gasteiger partial charge in [0.1, 0.15) is 17.1 Å². The normalized spacial score (nSPS) is 22.9. The number of hydrogen-bond acceptors (Lipinski definition) is 7. The van der Waals surface area contributed by atoms with Crippen LogP contribution >= 0.6 is 0 Å². The van der Waals surface area contributed by atoms with Gasteiger partial charge in [-0.2, -0.15) is 13.2 Å². The van der Waals surface area contributed by atoms with Crippen molar-refractivity contribution in [1.29, 1.82) is 0 Å². The lowest BCUT2D eigenvalue weighted by Crippen LogP contribution is -2.56. The van der Waals surface area contributed by atoms with Gasteiger partial charge in [0, 0.05) is 29.9 Å². The Morgan fingerprint density at radius 1 is 1.10 bits per heavy atom. The number of hydrogen-bond donors (Lipinski definition) is 2. The van der Waals surface area contributed by atoms with E-state index in [4.69, 9.17) is 4.74 Å². The fraction of sp³-hybridized carbons (Fsp3) is 0.323. The highest BCUT2D eigenvalue weighted by Crippen LogP contribution is 2.44. The van der Waals surface area contributed by atoms with Gasteiger partial charge in [0.15, 0.2) is 0 Å². The van der Waals surface area contributed by atoms with Crippen molar-refractivity contribution in [2.45, 2.75) is 31.1 Å². The van der Waals surface area contributed by atoms with Crippen LogP contribution in [-0.4, -0.2) is 36.1 Å². The fourth-order valence-electron chi connectivity index (χ4n) is 6.34. The van der Waals surface area contributed by atoms with E-state index in [0.29, 0.717) is 17.6 Å². The van der Waals surface area contributed by atoms with Gasteiger partial charge in [0.2, 0.25) is 0 Å². The van der Waals surface area contributed by atoms with Crippen LogP contribution < -0.4 is 26.2 Å². The highest BCUT2D eigenvalue weighted by Gasteiger charge is 2.43. The van der Waals surface area contributed by atoms with Crippen molar-refractivity contribution in [2.24, 2.45) is 11.8 Å². The number of pyridine rings is 1. The minimum absolute atomic E-state index is 0.0186. The number of nitrogens with one attached hydrogen (secondary N) is 2. The van der Waals surface area contributed by atoms with Crippen molar-refractivity contribution in [3.8, 4) is 5.75 Å². The first-order valence-corrected chi connectivity index (χ1v) is 13.5. The number of alkyl halides is 3. The van der Waals surface area contributed by atoms with Crippen LogP contribution in [0, 0.1) is 11.8 Å². The Morgan fingerprint density at radius 2 is 1.85 bits per heavy atom. The summed E-state index contributed by atoms with van der Waals surface area (Å²) in [7, 11) is 1.59. The summed E-state index contributed by atoms with van der Waals surface area (Å²) in [6.07, 6.45) is 1.20. The molecule has 0 spiro atoms. The summed E-state index contributed by atoms with van der Waals surface area (Å²) in [5.74, 6) is 1.51. The van der Waals surface area contributed by atoms with Gasteiger partial charge in [-0.05, 0) is 85.3 Å². The maximum Gasteiger partial charge on any atom is 0.416 e. The van der Waals surface area contributed by atoms with Gasteiger partial charge < -0.3 is 15.4 Å². The monoisotopic (exact) mass is 562 g/mol.